The van der Waals surface area contributed by atoms with E-state index in [2.05, 4.69) is 17.0 Å². The molecule has 0 spiro atoms. The summed E-state index contributed by atoms with van der Waals surface area (Å²) < 4.78 is 0. The number of nitrogens with zero attached hydrogens (tertiary/aromatic N) is 2. The lowest BCUT2D eigenvalue weighted by Gasteiger charge is -2.31. The Bertz CT molecular complexity index is 442. The summed E-state index contributed by atoms with van der Waals surface area (Å²) >= 11 is 12.3. The van der Waals surface area contributed by atoms with E-state index in [0.717, 1.165) is 37.3 Å². The van der Waals surface area contributed by atoms with Crippen LogP contribution in [0.25, 0.3) is 0 Å². The van der Waals surface area contributed by atoms with Crippen molar-refractivity contribution in [3.63, 3.8) is 0 Å². The van der Waals surface area contributed by atoms with E-state index in [9.17, 15) is 0 Å². The molecule has 98 valence electrons. The monoisotopic (exact) mass is 286 g/mol. The number of hydrogen-bond acceptors (Lipinski definition) is 3. The van der Waals surface area contributed by atoms with Crippen molar-refractivity contribution < 1.29 is 5.21 Å². The second kappa shape index (κ2) is 5.91. The molecule has 1 aliphatic heterocycles. The standard InChI is InChI=1S/C13H16Cl2N2O/c1-9-7-17(6-5-13(9)16-18)8-10-11(14)3-2-4-12(10)15/h2-4,9,18H,5-8H2,1H3/b16-13+. The van der Waals surface area contributed by atoms with Gasteiger partial charge in [-0.1, -0.05) is 41.3 Å². The fraction of sp³-hybridized carbons (Fsp3) is 0.462. The molecule has 1 aliphatic rings. The number of oxime groups is 1. The third-order valence-corrected chi connectivity index (χ3v) is 4.07. The first-order valence-electron chi connectivity index (χ1n) is 5.98. The maximum Gasteiger partial charge on any atom is 0.0624 e. The van der Waals surface area contributed by atoms with Gasteiger partial charge < -0.3 is 5.21 Å². The Morgan fingerprint density at radius 3 is 2.61 bits per heavy atom. The number of halogens is 2. The number of benzene rings is 1. The number of rotatable bonds is 2. The van der Waals surface area contributed by atoms with Crippen molar-refractivity contribution in [3.05, 3.63) is 33.8 Å². The summed E-state index contributed by atoms with van der Waals surface area (Å²) in [4.78, 5) is 2.28. The molecule has 1 unspecified atom stereocenters. The highest BCUT2D eigenvalue weighted by atomic mass is 35.5. The van der Waals surface area contributed by atoms with Crippen molar-refractivity contribution in [2.24, 2.45) is 11.1 Å². The molecule has 2 rings (SSSR count). The molecule has 3 nitrogen and oxygen atoms in total. The SMILES string of the molecule is CC1CN(Cc2c(Cl)cccc2Cl)CC/C1=N\O. The van der Waals surface area contributed by atoms with Crippen LogP contribution in [0.15, 0.2) is 23.4 Å². The Morgan fingerprint density at radius 2 is 2.06 bits per heavy atom. The molecule has 0 saturated carbocycles. The van der Waals surface area contributed by atoms with Crippen LogP contribution in [0, 0.1) is 5.92 Å². The zero-order valence-corrected chi connectivity index (χ0v) is 11.7. The Labute approximate surface area is 117 Å². The zero-order valence-electron chi connectivity index (χ0n) is 10.2. The first-order chi connectivity index (χ1) is 8.61. The minimum absolute atomic E-state index is 0.269. The van der Waals surface area contributed by atoms with Gasteiger partial charge in [0.25, 0.3) is 0 Å². The topological polar surface area (TPSA) is 35.8 Å². The molecule has 1 atom stereocenters. The Balaban J connectivity index is 2.07. The molecule has 18 heavy (non-hydrogen) atoms. The van der Waals surface area contributed by atoms with Gasteiger partial charge in [0, 0.05) is 47.6 Å². The maximum absolute atomic E-state index is 8.85. The summed E-state index contributed by atoms with van der Waals surface area (Å²) in [6, 6.07) is 5.57. The van der Waals surface area contributed by atoms with Crippen molar-refractivity contribution in [2.45, 2.75) is 19.9 Å². The van der Waals surface area contributed by atoms with Crippen LogP contribution in [-0.4, -0.2) is 28.9 Å². The Hall–Kier alpha value is -0.770. The van der Waals surface area contributed by atoms with Gasteiger partial charge in [0.05, 0.1) is 5.71 Å². The normalized spacial score (nSPS) is 23.5. The van der Waals surface area contributed by atoms with Crippen LogP contribution in [-0.2, 0) is 6.54 Å². The molecular formula is C13H16Cl2N2O. The first-order valence-corrected chi connectivity index (χ1v) is 6.73. The number of piperidine rings is 1. The van der Waals surface area contributed by atoms with Crippen molar-refractivity contribution >= 4 is 28.9 Å². The lowest BCUT2D eigenvalue weighted by atomic mass is 9.97. The second-order valence-electron chi connectivity index (χ2n) is 4.68. The van der Waals surface area contributed by atoms with Crippen LogP contribution < -0.4 is 0 Å². The molecule has 1 aromatic carbocycles. The Kier molecular flexibility index (Phi) is 4.49. The van der Waals surface area contributed by atoms with Crippen LogP contribution in [0.1, 0.15) is 18.9 Å². The summed E-state index contributed by atoms with van der Waals surface area (Å²) in [6.45, 7) is 4.53. The van der Waals surface area contributed by atoms with Crippen LogP contribution in [0.5, 0.6) is 0 Å². The summed E-state index contributed by atoms with van der Waals surface area (Å²) in [5.74, 6) is 0.269. The van der Waals surface area contributed by atoms with Crippen molar-refractivity contribution in [1.82, 2.24) is 4.90 Å². The lowest BCUT2D eigenvalue weighted by Crippen LogP contribution is -2.39. The fourth-order valence-electron chi connectivity index (χ4n) is 2.30. The zero-order chi connectivity index (χ0) is 13.1. The minimum atomic E-state index is 0.269. The van der Waals surface area contributed by atoms with Gasteiger partial charge in [-0.25, -0.2) is 0 Å². The predicted molar refractivity (Wildman–Crippen MR) is 74.7 cm³/mol. The molecule has 1 heterocycles. The quantitative estimate of drug-likeness (QED) is 0.665. The number of hydrogen-bond donors (Lipinski definition) is 1. The van der Waals surface area contributed by atoms with E-state index < -0.39 is 0 Å². The van der Waals surface area contributed by atoms with E-state index >= 15 is 0 Å². The molecule has 1 fully saturated rings. The fourth-order valence-corrected chi connectivity index (χ4v) is 2.82. The first kappa shape index (κ1) is 13.7. The van der Waals surface area contributed by atoms with Gasteiger partial charge in [-0.2, -0.15) is 0 Å². The molecule has 0 aliphatic carbocycles. The highest BCUT2D eigenvalue weighted by molar-refractivity contribution is 6.35. The summed E-state index contributed by atoms with van der Waals surface area (Å²) in [7, 11) is 0. The molecule has 1 N–H and O–H groups in total. The lowest BCUT2D eigenvalue weighted by molar-refractivity contribution is 0.228. The molecule has 5 heteroatoms. The van der Waals surface area contributed by atoms with E-state index in [1.807, 2.05) is 18.2 Å². The molecular weight excluding hydrogens is 271 g/mol. The largest absolute Gasteiger partial charge is 0.411 e. The predicted octanol–water partition coefficient (Wildman–Crippen LogP) is 3.67. The molecule has 1 saturated heterocycles. The van der Waals surface area contributed by atoms with Crippen LogP contribution in [0.3, 0.4) is 0 Å². The van der Waals surface area contributed by atoms with Crippen LogP contribution in [0.2, 0.25) is 10.0 Å². The average Bonchev–Trinajstić information content (AvgIpc) is 2.34. The van der Waals surface area contributed by atoms with Crippen LogP contribution >= 0.6 is 23.2 Å². The smallest absolute Gasteiger partial charge is 0.0624 e. The van der Waals surface area contributed by atoms with Crippen molar-refractivity contribution in [3.8, 4) is 0 Å². The van der Waals surface area contributed by atoms with E-state index in [4.69, 9.17) is 28.4 Å². The molecule has 0 aromatic heterocycles. The summed E-state index contributed by atoms with van der Waals surface area (Å²) in [5.41, 5.74) is 1.84. The van der Waals surface area contributed by atoms with Gasteiger partial charge in [-0.05, 0) is 12.1 Å². The molecule has 0 bridgehead atoms. The van der Waals surface area contributed by atoms with Crippen molar-refractivity contribution in [2.75, 3.05) is 13.1 Å². The van der Waals surface area contributed by atoms with E-state index in [1.54, 1.807) is 0 Å². The highest BCUT2D eigenvalue weighted by Crippen LogP contribution is 2.27. The van der Waals surface area contributed by atoms with Gasteiger partial charge in [0.2, 0.25) is 0 Å². The van der Waals surface area contributed by atoms with Crippen molar-refractivity contribution in [1.29, 1.82) is 0 Å². The summed E-state index contributed by atoms with van der Waals surface area (Å²) in [5, 5.41) is 13.6. The van der Waals surface area contributed by atoms with Gasteiger partial charge in [0.15, 0.2) is 0 Å². The van der Waals surface area contributed by atoms with E-state index in [1.165, 1.54) is 0 Å². The number of likely N-dealkylation sites (tertiary alicyclic amines) is 1. The average molecular weight is 287 g/mol. The molecule has 0 amide bonds. The molecule has 1 aromatic rings. The second-order valence-corrected chi connectivity index (χ2v) is 5.49. The molecule has 0 radical (unpaired) electrons. The van der Waals surface area contributed by atoms with E-state index in [-0.39, 0.29) is 5.92 Å². The maximum atomic E-state index is 8.85. The van der Waals surface area contributed by atoms with Gasteiger partial charge in [-0.3, -0.25) is 4.90 Å². The highest BCUT2D eigenvalue weighted by Gasteiger charge is 2.23. The Morgan fingerprint density at radius 1 is 1.39 bits per heavy atom. The third kappa shape index (κ3) is 2.97. The van der Waals surface area contributed by atoms with Gasteiger partial charge >= 0.3 is 0 Å². The van der Waals surface area contributed by atoms with E-state index in [0.29, 0.717) is 10.0 Å². The van der Waals surface area contributed by atoms with Crippen LogP contribution in [0.4, 0.5) is 0 Å². The van der Waals surface area contributed by atoms with Gasteiger partial charge in [0.1, 0.15) is 0 Å². The van der Waals surface area contributed by atoms with Gasteiger partial charge in [-0.15, -0.1) is 0 Å². The minimum Gasteiger partial charge on any atom is -0.411 e. The summed E-state index contributed by atoms with van der Waals surface area (Å²) in [6.07, 6.45) is 0.791. The third-order valence-electron chi connectivity index (χ3n) is 3.36.